The molecule has 2 aromatic carbocycles. The molecule has 3 heterocycles. The maximum atomic E-state index is 13.1. The number of carbonyl (C=O) groups excluding carboxylic acids is 1. The molecule has 0 aliphatic carbocycles. The smallest absolute Gasteiger partial charge is 0.340 e. The van der Waals surface area contributed by atoms with E-state index in [9.17, 15) is 19.5 Å². The van der Waals surface area contributed by atoms with E-state index in [2.05, 4.69) is 11.6 Å². The molecule has 5 rings (SSSR count). The first kappa shape index (κ1) is 28.7. The Bertz CT molecular complexity index is 2120. The maximum absolute atomic E-state index is 13.1. The molecule has 0 radical (unpaired) electrons. The topological polar surface area (TPSA) is 132 Å². The molecule has 9 nitrogen and oxygen atoms in total. The van der Waals surface area contributed by atoms with Crippen LogP contribution in [0.15, 0.2) is 83.1 Å². The lowest BCUT2D eigenvalue weighted by atomic mass is 9.94. The molecule has 0 spiro atoms. The first-order chi connectivity index (χ1) is 19.8. The molecule has 0 bridgehead atoms. The third kappa shape index (κ3) is 4.82. The zero-order valence-electron chi connectivity index (χ0n) is 23.5. The third-order valence-corrected chi connectivity index (χ3v) is 7.51. The van der Waals surface area contributed by atoms with E-state index >= 15 is 0 Å². The number of benzene rings is 2. The zero-order chi connectivity index (χ0) is 30.5. The van der Waals surface area contributed by atoms with Crippen molar-refractivity contribution in [3.05, 3.63) is 116 Å². The number of amides is 1. The molecule has 10 heteroatoms. The molecule has 1 amide bonds. The standard InChI is InChI=1S/C32H29ClN4O5/c1-17(8-6-9-18(2)37-26(38)16-24-25(42-5)10-7-13-36(24)31(37)40)27-22(33)15-21(30(34)39)29-28(27)20-12-11-19(32(3,4)41)14-23(20)35-29/h6-16,35,41H,2H2,1,3-5H3,(H2,34,39)/b9-6-,17-8+. The van der Waals surface area contributed by atoms with Gasteiger partial charge in [0.1, 0.15) is 5.75 Å². The van der Waals surface area contributed by atoms with Gasteiger partial charge < -0.3 is 20.6 Å². The molecule has 0 unspecified atom stereocenters. The van der Waals surface area contributed by atoms with Crippen molar-refractivity contribution >= 4 is 56.1 Å². The molecule has 214 valence electrons. The summed E-state index contributed by atoms with van der Waals surface area (Å²) in [6.07, 6.45) is 6.53. The van der Waals surface area contributed by atoms with Crippen molar-refractivity contribution < 1.29 is 14.6 Å². The molecule has 0 aliphatic heterocycles. The molecule has 42 heavy (non-hydrogen) atoms. The number of nitrogens with two attached hydrogens (primary N) is 1. The van der Waals surface area contributed by atoms with Crippen molar-refractivity contribution in [2.45, 2.75) is 26.4 Å². The van der Waals surface area contributed by atoms with Crippen LogP contribution in [0, 0.1) is 0 Å². The van der Waals surface area contributed by atoms with Crippen LogP contribution in [0.3, 0.4) is 0 Å². The van der Waals surface area contributed by atoms with Gasteiger partial charge in [0.25, 0.3) is 11.5 Å². The SMILES string of the molecule is C=C(/C=C\C=C(/C)c1c(Cl)cc(C(N)=O)c2[nH]c3cc(C(C)(C)O)ccc3c12)n1c(=O)cc2c(OC)cccn2c1=O. The van der Waals surface area contributed by atoms with Gasteiger partial charge in [0.05, 0.1) is 29.3 Å². The highest BCUT2D eigenvalue weighted by atomic mass is 35.5. The number of aliphatic hydroxyl groups is 1. The minimum Gasteiger partial charge on any atom is -0.495 e. The van der Waals surface area contributed by atoms with Crippen LogP contribution in [0.2, 0.25) is 5.02 Å². The van der Waals surface area contributed by atoms with Crippen molar-refractivity contribution in [2.75, 3.05) is 7.11 Å². The second kappa shape index (κ2) is 10.5. The Hall–Kier alpha value is -4.86. The Kier molecular flexibility index (Phi) is 7.18. The van der Waals surface area contributed by atoms with Crippen molar-refractivity contribution in [2.24, 2.45) is 5.73 Å². The van der Waals surface area contributed by atoms with E-state index in [-0.39, 0.29) is 11.3 Å². The fourth-order valence-electron chi connectivity index (χ4n) is 5.10. The summed E-state index contributed by atoms with van der Waals surface area (Å²) in [5.74, 6) is -0.233. The number of pyridine rings is 1. The van der Waals surface area contributed by atoms with Gasteiger partial charge in [-0.1, -0.05) is 42.5 Å². The lowest BCUT2D eigenvalue weighted by Gasteiger charge is -2.17. The molecule has 0 fully saturated rings. The molecule has 4 N–H and O–H groups in total. The highest BCUT2D eigenvalue weighted by Gasteiger charge is 2.22. The van der Waals surface area contributed by atoms with Gasteiger partial charge in [-0.05, 0) is 62.2 Å². The molecule has 0 saturated carbocycles. The minimum absolute atomic E-state index is 0.165. The van der Waals surface area contributed by atoms with Crippen molar-refractivity contribution in [3.63, 3.8) is 0 Å². The fraction of sp³-hybridized carbons (Fsp3) is 0.156. The van der Waals surface area contributed by atoms with Gasteiger partial charge in [-0.2, -0.15) is 0 Å². The van der Waals surface area contributed by atoms with Gasteiger partial charge in [0, 0.05) is 44.8 Å². The first-order valence-electron chi connectivity index (χ1n) is 13.0. The molecular formula is C32H29ClN4O5. The van der Waals surface area contributed by atoms with Gasteiger partial charge in [-0.15, -0.1) is 0 Å². The van der Waals surface area contributed by atoms with Crippen LogP contribution in [0.1, 0.15) is 42.3 Å². The van der Waals surface area contributed by atoms with Crippen LogP contribution in [0.25, 0.3) is 38.6 Å². The van der Waals surface area contributed by atoms with Crippen LogP contribution in [-0.4, -0.2) is 32.1 Å². The summed E-state index contributed by atoms with van der Waals surface area (Å²) in [5.41, 5.74) is 7.59. The maximum Gasteiger partial charge on any atom is 0.340 e. The number of aromatic amines is 1. The summed E-state index contributed by atoms with van der Waals surface area (Å²) in [4.78, 5) is 41.6. The number of hydrogen-bond donors (Lipinski definition) is 3. The number of primary amides is 1. The minimum atomic E-state index is -1.07. The summed E-state index contributed by atoms with van der Waals surface area (Å²) in [7, 11) is 1.46. The summed E-state index contributed by atoms with van der Waals surface area (Å²) in [6.45, 7) is 9.16. The van der Waals surface area contributed by atoms with Gasteiger partial charge >= 0.3 is 5.69 Å². The van der Waals surface area contributed by atoms with E-state index in [1.165, 1.54) is 23.6 Å². The summed E-state index contributed by atoms with van der Waals surface area (Å²) < 4.78 is 7.56. The number of aromatic nitrogens is 3. The molecule has 0 saturated heterocycles. The molecule has 0 atom stereocenters. The Labute approximate surface area is 245 Å². The number of nitrogens with one attached hydrogen (secondary N) is 1. The number of fused-ring (bicyclic) bond motifs is 4. The number of halogens is 1. The number of rotatable bonds is 7. The molecule has 3 aromatic heterocycles. The van der Waals surface area contributed by atoms with E-state index in [0.717, 1.165) is 15.5 Å². The van der Waals surface area contributed by atoms with E-state index in [1.807, 2.05) is 25.1 Å². The van der Waals surface area contributed by atoms with Crippen LogP contribution in [0.5, 0.6) is 5.75 Å². The fourth-order valence-corrected chi connectivity index (χ4v) is 5.45. The Morgan fingerprint density at radius 2 is 1.93 bits per heavy atom. The predicted octanol–water partition coefficient (Wildman–Crippen LogP) is 5.21. The Morgan fingerprint density at radius 1 is 1.19 bits per heavy atom. The van der Waals surface area contributed by atoms with Crippen LogP contribution < -0.4 is 21.7 Å². The second-order valence-corrected chi connectivity index (χ2v) is 10.9. The number of nitrogens with zero attached hydrogens (tertiary/aromatic N) is 2. The van der Waals surface area contributed by atoms with E-state index in [0.29, 0.717) is 43.8 Å². The quantitative estimate of drug-likeness (QED) is 0.226. The van der Waals surface area contributed by atoms with E-state index in [4.69, 9.17) is 22.1 Å². The summed E-state index contributed by atoms with van der Waals surface area (Å²) in [6, 6.07) is 11.7. The van der Waals surface area contributed by atoms with Crippen LogP contribution in [-0.2, 0) is 5.60 Å². The van der Waals surface area contributed by atoms with Gasteiger partial charge in [-0.25, -0.2) is 9.36 Å². The lowest BCUT2D eigenvalue weighted by Crippen LogP contribution is -2.35. The first-order valence-corrected chi connectivity index (χ1v) is 13.4. The summed E-state index contributed by atoms with van der Waals surface area (Å²) in [5, 5.41) is 12.3. The van der Waals surface area contributed by atoms with Crippen molar-refractivity contribution in [1.29, 1.82) is 0 Å². The zero-order valence-corrected chi connectivity index (χ0v) is 24.2. The average Bonchev–Trinajstić information content (AvgIpc) is 3.30. The van der Waals surface area contributed by atoms with Gasteiger partial charge in [0.15, 0.2) is 0 Å². The highest BCUT2D eigenvalue weighted by molar-refractivity contribution is 6.36. The third-order valence-electron chi connectivity index (χ3n) is 7.21. The predicted molar refractivity (Wildman–Crippen MR) is 167 cm³/mol. The lowest BCUT2D eigenvalue weighted by molar-refractivity contribution is 0.0787. The molecule has 0 aliphatic rings. The molecule has 5 aromatic rings. The number of allylic oxidation sites excluding steroid dienone is 5. The van der Waals surface area contributed by atoms with E-state index < -0.39 is 22.8 Å². The largest absolute Gasteiger partial charge is 0.495 e. The normalized spacial score (nSPS) is 12.6. The van der Waals surface area contributed by atoms with Crippen molar-refractivity contribution in [1.82, 2.24) is 14.0 Å². The summed E-state index contributed by atoms with van der Waals surface area (Å²) >= 11 is 6.72. The number of H-pyrrole nitrogens is 1. The number of hydrogen-bond acceptors (Lipinski definition) is 5. The molecular weight excluding hydrogens is 556 g/mol. The van der Waals surface area contributed by atoms with Gasteiger partial charge in [-0.3, -0.25) is 14.0 Å². The number of methoxy groups -OCH3 is 1. The Balaban J connectivity index is 1.61. The van der Waals surface area contributed by atoms with Gasteiger partial charge in [0.2, 0.25) is 0 Å². The number of ether oxygens (including phenoxy) is 1. The second-order valence-electron chi connectivity index (χ2n) is 10.5. The average molecular weight is 585 g/mol. The number of carbonyl (C=O) groups is 1. The highest BCUT2D eigenvalue weighted by Crippen LogP contribution is 2.39. The van der Waals surface area contributed by atoms with Crippen LogP contribution >= 0.6 is 11.6 Å². The van der Waals surface area contributed by atoms with E-state index in [1.54, 1.807) is 50.4 Å². The van der Waals surface area contributed by atoms with Crippen LogP contribution in [0.4, 0.5) is 0 Å². The Morgan fingerprint density at radius 3 is 2.60 bits per heavy atom. The van der Waals surface area contributed by atoms with Crippen molar-refractivity contribution in [3.8, 4) is 5.75 Å². The monoisotopic (exact) mass is 584 g/mol.